The Morgan fingerprint density at radius 2 is 0.969 bits per heavy atom. The summed E-state index contributed by atoms with van der Waals surface area (Å²) in [5, 5.41) is 1.04. The molecule has 0 aromatic heterocycles. The van der Waals surface area contributed by atoms with E-state index < -0.39 is 45.9 Å². The number of hydrogen-bond donors (Lipinski definition) is 0. The highest BCUT2D eigenvalue weighted by Gasteiger charge is 2.23. The molecule has 0 bridgehead atoms. The van der Waals surface area contributed by atoms with Crippen molar-refractivity contribution >= 4 is 34.0 Å². The van der Waals surface area contributed by atoms with Gasteiger partial charge >= 0.3 is 0 Å². The maximum Gasteiger partial charge on any atom is 0.143 e. The first-order valence-corrected chi connectivity index (χ1v) is 22.4. The van der Waals surface area contributed by atoms with E-state index in [1.54, 1.807) is 121 Å². The molecule has 7 aromatic rings. The van der Waals surface area contributed by atoms with Crippen molar-refractivity contribution in [1.29, 1.82) is 0 Å². The van der Waals surface area contributed by atoms with Crippen molar-refractivity contribution in [2.45, 2.75) is 36.0 Å². The smallest absolute Gasteiger partial charge is 0.143 e. The molecule has 0 aliphatic rings. The summed E-state index contributed by atoms with van der Waals surface area (Å²) < 4.78 is 84.5. The minimum atomic E-state index is -1.33. The first-order valence-electron chi connectivity index (χ1n) is 20.3. The summed E-state index contributed by atoms with van der Waals surface area (Å²) in [7, 11) is -1.33. The van der Waals surface area contributed by atoms with E-state index in [4.69, 9.17) is 32.7 Å². The summed E-state index contributed by atoms with van der Waals surface area (Å²) in [6.07, 6.45) is 1.17. The molecule has 0 saturated heterocycles. The van der Waals surface area contributed by atoms with Crippen LogP contribution in [0.25, 0.3) is 0 Å². The second kappa shape index (κ2) is 24.0. The molecule has 0 aliphatic carbocycles. The van der Waals surface area contributed by atoms with Gasteiger partial charge in [0.25, 0.3) is 0 Å². The number of halogens is 6. The molecule has 0 fully saturated rings. The van der Waals surface area contributed by atoms with Crippen LogP contribution in [0.15, 0.2) is 229 Å². The molecule has 7 aromatic carbocycles. The lowest BCUT2D eigenvalue weighted by Crippen LogP contribution is -2.08. The molecule has 0 spiro atoms. The molecule has 64 heavy (non-hydrogen) atoms. The summed E-state index contributed by atoms with van der Waals surface area (Å²) in [5.74, 6) is -2.52. The minimum Gasteiger partial charge on any atom is -0.457 e. The Morgan fingerprint density at radius 3 is 1.44 bits per heavy atom. The fraction of sp³-hybridized carbons (Fsp3) is 0.111. The number of para-hydroxylation sites is 2. The van der Waals surface area contributed by atoms with E-state index in [2.05, 4.69) is 6.58 Å². The molecule has 328 valence electrons. The highest BCUT2D eigenvalue weighted by Crippen LogP contribution is 2.35. The molecule has 0 N–H and O–H groups in total. The van der Waals surface area contributed by atoms with Crippen molar-refractivity contribution < 1.29 is 32.7 Å². The highest BCUT2D eigenvalue weighted by molar-refractivity contribution is 7.85. The second-order valence-electron chi connectivity index (χ2n) is 14.5. The normalized spacial score (nSPS) is 13.2. The Kier molecular flexibility index (Phi) is 17.8. The summed E-state index contributed by atoms with van der Waals surface area (Å²) in [5.41, 5.74) is 2.37. The van der Waals surface area contributed by atoms with Gasteiger partial charge in [-0.1, -0.05) is 132 Å². The van der Waals surface area contributed by atoms with Crippen molar-refractivity contribution in [3.63, 3.8) is 0 Å². The molecular formula is C54H46Cl2F4O3S. The lowest BCUT2D eigenvalue weighted by Gasteiger charge is -2.17. The zero-order chi connectivity index (χ0) is 45.3. The summed E-state index contributed by atoms with van der Waals surface area (Å²) >= 11 is 11.9. The van der Waals surface area contributed by atoms with Crippen molar-refractivity contribution in [3.05, 3.63) is 256 Å². The molecule has 0 saturated carbocycles. The topological polar surface area (TPSA) is 35.5 Å². The first-order chi connectivity index (χ1) is 31.1. The number of hydrogen-bond acceptors (Lipinski definition) is 3. The molecule has 0 radical (unpaired) electrons. The van der Waals surface area contributed by atoms with Crippen molar-refractivity contribution in [3.8, 4) is 23.0 Å². The van der Waals surface area contributed by atoms with Crippen LogP contribution >= 0.6 is 23.2 Å². The van der Waals surface area contributed by atoms with Gasteiger partial charge in [-0.05, 0) is 114 Å². The van der Waals surface area contributed by atoms with E-state index in [1.165, 1.54) is 6.08 Å². The Morgan fingerprint density at radius 1 is 0.547 bits per heavy atom. The van der Waals surface area contributed by atoms with Gasteiger partial charge < -0.3 is 9.47 Å². The van der Waals surface area contributed by atoms with E-state index in [-0.39, 0.29) is 26.4 Å². The Labute approximate surface area is 385 Å². The molecule has 0 heterocycles. The third-order valence-electron chi connectivity index (χ3n) is 9.91. The summed E-state index contributed by atoms with van der Waals surface area (Å²) in [6.45, 7) is 3.64. The Bertz CT molecular complexity index is 2670. The van der Waals surface area contributed by atoms with Gasteiger partial charge in [-0.15, -0.1) is 6.58 Å². The van der Waals surface area contributed by atoms with Crippen LogP contribution in [0, 0.1) is 0 Å². The van der Waals surface area contributed by atoms with E-state index in [9.17, 15) is 13.0 Å². The summed E-state index contributed by atoms with van der Waals surface area (Å²) in [4.78, 5) is 0.660. The molecule has 3 unspecified atom stereocenters. The standard InChI is InChI=1S/C30H25ClF2O2S.C24H19ClF2O.H2/c31-24-16-14-23(15-17-24)28(18-19-36(34)27-12-5-2-6-13-27)30(33)29(32)21-22-8-7-11-26(20-22)35-25-9-3-1-4-10-25;1-2-22(18-11-13-19(25)14-12-18)24(27)23(26)16-17-7-6-10-21(15-17)28-20-8-4-3-5-9-20;/h1-17,20,28H,18-19,21H2;2-15,22H,1,16H2;1H/b30-29+;24-23+;/i;;1+1. The molecule has 3 nitrogen and oxygen atoms in total. The molecule has 0 aliphatic heterocycles. The van der Waals surface area contributed by atoms with Gasteiger partial charge in [0.05, 0.1) is 16.7 Å². The van der Waals surface area contributed by atoms with Crippen molar-refractivity contribution in [2.24, 2.45) is 0 Å². The average Bonchev–Trinajstić information content (AvgIpc) is 3.31. The van der Waals surface area contributed by atoms with E-state index >= 15 is 8.78 Å². The first kappa shape index (κ1) is 47.3. The number of allylic oxidation sites excluding steroid dienone is 5. The van der Waals surface area contributed by atoms with Gasteiger partial charge in [0.15, 0.2) is 0 Å². The quantitative estimate of drug-likeness (QED) is 0.0674. The fourth-order valence-electron chi connectivity index (χ4n) is 6.68. The molecule has 7 rings (SSSR count). The van der Waals surface area contributed by atoms with Crippen molar-refractivity contribution in [2.75, 3.05) is 5.75 Å². The fourth-order valence-corrected chi connectivity index (χ4v) is 8.08. The Balaban J connectivity index is 0.000000248. The van der Waals surface area contributed by atoms with Crippen LogP contribution < -0.4 is 9.47 Å². The monoisotopic (exact) mass is 921 g/mol. The number of ether oxygens (including phenoxy) is 2. The summed E-state index contributed by atoms with van der Waals surface area (Å²) in [6, 6.07) is 54.7. The molecular weight excluding hydrogens is 876 g/mol. The van der Waals surface area contributed by atoms with E-state index in [0.29, 0.717) is 60.2 Å². The zero-order valence-corrected chi connectivity index (χ0v) is 36.9. The van der Waals surface area contributed by atoms with Crippen LogP contribution in [-0.4, -0.2) is 9.96 Å². The predicted octanol–water partition coefficient (Wildman–Crippen LogP) is 16.8. The van der Waals surface area contributed by atoms with Gasteiger partial charge in [0.1, 0.15) is 46.3 Å². The largest absolute Gasteiger partial charge is 0.457 e. The molecule has 3 atom stereocenters. The van der Waals surface area contributed by atoms with Crippen LogP contribution in [0.4, 0.5) is 17.6 Å². The average molecular weight is 923 g/mol. The Hall–Kier alpha value is -6.19. The van der Waals surface area contributed by atoms with Gasteiger partial charge in [-0.25, -0.2) is 17.6 Å². The maximum atomic E-state index is 15.6. The second-order valence-corrected chi connectivity index (χ2v) is 16.9. The van der Waals surface area contributed by atoms with Crippen LogP contribution in [0.1, 0.15) is 41.9 Å². The molecule has 0 amide bonds. The third kappa shape index (κ3) is 14.2. The number of benzene rings is 7. The molecule has 10 heteroatoms. The third-order valence-corrected chi connectivity index (χ3v) is 11.8. The van der Waals surface area contributed by atoms with Gasteiger partial charge in [-0.2, -0.15) is 0 Å². The predicted molar refractivity (Wildman–Crippen MR) is 255 cm³/mol. The zero-order valence-electron chi connectivity index (χ0n) is 34.6. The lowest BCUT2D eigenvalue weighted by molar-refractivity contribution is 0.464. The van der Waals surface area contributed by atoms with Gasteiger partial charge in [0.2, 0.25) is 0 Å². The SMILES string of the molecule is C=CC(/C(F)=C(\F)Cc1cccc(Oc2ccccc2)c1)c1ccc(Cl)cc1.O=S(CCC(/C(F)=C(\F)Cc1cccc(Oc2ccccc2)c1)c1ccc(Cl)cc1)c1ccccc1.[2HH]. The van der Waals surface area contributed by atoms with Crippen molar-refractivity contribution in [1.82, 2.24) is 0 Å². The van der Waals surface area contributed by atoms with Gasteiger partial charge in [-0.3, -0.25) is 4.21 Å². The maximum absolute atomic E-state index is 15.6. The number of rotatable bonds is 17. The minimum absolute atomic E-state index is 0. The highest BCUT2D eigenvalue weighted by atomic mass is 35.5. The van der Waals surface area contributed by atoms with Crippen LogP contribution in [0.5, 0.6) is 23.0 Å². The van der Waals surface area contributed by atoms with E-state index in [0.717, 1.165) is 0 Å². The van der Waals surface area contributed by atoms with Gasteiger partial charge in [0, 0.05) is 40.9 Å². The van der Waals surface area contributed by atoms with E-state index in [1.807, 2.05) is 66.7 Å². The van der Waals surface area contributed by atoms with Crippen LogP contribution in [0.2, 0.25) is 10.0 Å². The lowest BCUT2D eigenvalue weighted by atomic mass is 9.93. The van der Waals surface area contributed by atoms with Crippen LogP contribution in [0.3, 0.4) is 0 Å². The van der Waals surface area contributed by atoms with Crippen LogP contribution in [-0.2, 0) is 23.6 Å².